The largest absolute Gasteiger partial charge is 0.462 e. The fourth-order valence-electron chi connectivity index (χ4n) is 1.88. The molecule has 10 heteroatoms. The maximum atomic E-state index is 11.8. The number of hydrogen-bond donors (Lipinski definition) is 2. The van der Waals surface area contributed by atoms with Crippen molar-refractivity contribution in [2.24, 2.45) is 0 Å². The van der Waals surface area contributed by atoms with E-state index < -0.39 is 49.3 Å². The number of rotatable bonds is 15. The number of ether oxygens (including phenoxy) is 4. The average molecular weight is 430 g/mol. The Labute approximate surface area is 175 Å². The van der Waals surface area contributed by atoms with Crippen LogP contribution < -0.4 is 0 Å². The van der Waals surface area contributed by atoms with Gasteiger partial charge in [0.25, 0.3) is 0 Å². The molecule has 0 radical (unpaired) electrons. The molecular formula is C20H30O10. The molecule has 2 unspecified atom stereocenters. The molecule has 0 saturated heterocycles. The molecule has 2 N–H and O–H groups in total. The van der Waals surface area contributed by atoms with Crippen molar-refractivity contribution in [3.8, 4) is 0 Å². The Balaban J connectivity index is 4.20. The molecule has 0 saturated carbocycles. The van der Waals surface area contributed by atoms with Crippen LogP contribution in [0.25, 0.3) is 0 Å². The molecule has 0 aliphatic carbocycles. The molecule has 0 aromatic heterocycles. The summed E-state index contributed by atoms with van der Waals surface area (Å²) in [5.74, 6) is -2.66. The second-order valence-corrected chi connectivity index (χ2v) is 6.50. The number of aliphatic hydroxyl groups excluding tert-OH is 2. The fraction of sp³-hybridized carbons (Fsp3) is 0.600. The van der Waals surface area contributed by atoms with E-state index in [2.05, 4.69) is 13.2 Å². The Kier molecular flexibility index (Phi) is 13.8. The predicted molar refractivity (Wildman–Crippen MR) is 104 cm³/mol. The first-order chi connectivity index (χ1) is 14.1. The summed E-state index contributed by atoms with van der Waals surface area (Å²) in [7, 11) is 0. The van der Waals surface area contributed by atoms with Gasteiger partial charge in [-0.1, -0.05) is 13.2 Å². The molecule has 170 valence electrons. The molecule has 0 aliphatic rings. The maximum absolute atomic E-state index is 11.8. The van der Waals surface area contributed by atoms with E-state index in [4.69, 9.17) is 18.9 Å². The molecule has 0 aromatic carbocycles. The Morgan fingerprint density at radius 2 is 1.07 bits per heavy atom. The van der Waals surface area contributed by atoms with Crippen molar-refractivity contribution in [3.05, 3.63) is 24.3 Å². The lowest BCUT2D eigenvalue weighted by atomic mass is 10.2. The summed E-state index contributed by atoms with van der Waals surface area (Å²) in [5.41, 5.74) is 0.447. The van der Waals surface area contributed by atoms with Crippen LogP contribution in [0.1, 0.15) is 39.5 Å². The normalized spacial score (nSPS) is 12.3. The molecule has 10 nitrogen and oxygen atoms in total. The summed E-state index contributed by atoms with van der Waals surface area (Å²) < 4.78 is 19.7. The van der Waals surface area contributed by atoms with Gasteiger partial charge in [0.2, 0.25) is 0 Å². The molecule has 0 fully saturated rings. The van der Waals surface area contributed by atoms with E-state index in [9.17, 15) is 29.4 Å². The van der Waals surface area contributed by atoms with Crippen LogP contribution in [0.3, 0.4) is 0 Å². The predicted octanol–water partition coefficient (Wildman–Crippen LogP) is 0.594. The Bertz CT molecular complexity index is 571. The first-order valence-electron chi connectivity index (χ1n) is 9.36. The SMILES string of the molecule is C=C(C)C(=O)OCCC(CO)OC(=O)CCC(=O)OC(CO)CCOC(=O)C(=C)C. The first-order valence-corrected chi connectivity index (χ1v) is 9.36. The number of carbonyl (C=O) groups is 4. The summed E-state index contributed by atoms with van der Waals surface area (Å²) in [6.07, 6.45) is -2.21. The van der Waals surface area contributed by atoms with Gasteiger partial charge in [-0.05, 0) is 13.8 Å². The maximum Gasteiger partial charge on any atom is 0.333 e. The van der Waals surface area contributed by atoms with Gasteiger partial charge >= 0.3 is 23.9 Å². The van der Waals surface area contributed by atoms with Crippen molar-refractivity contribution in [2.75, 3.05) is 26.4 Å². The van der Waals surface area contributed by atoms with Crippen molar-refractivity contribution >= 4 is 23.9 Å². The minimum absolute atomic E-state index is 0.0691. The summed E-state index contributed by atoms with van der Waals surface area (Å²) in [6.45, 7) is 8.74. The van der Waals surface area contributed by atoms with Gasteiger partial charge in [-0.25, -0.2) is 9.59 Å². The monoisotopic (exact) mass is 430 g/mol. The molecule has 0 rings (SSSR count). The summed E-state index contributed by atoms with van der Waals surface area (Å²) in [5, 5.41) is 18.5. The third kappa shape index (κ3) is 12.7. The topological polar surface area (TPSA) is 146 Å². The molecule has 0 aliphatic heterocycles. The molecule has 2 atom stereocenters. The number of hydrogen-bond acceptors (Lipinski definition) is 10. The van der Waals surface area contributed by atoms with Crippen LogP contribution in [-0.2, 0) is 38.1 Å². The number of esters is 4. The Morgan fingerprint density at radius 1 is 0.733 bits per heavy atom. The minimum atomic E-state index is -0.889. The standard InChI is InChI=1S/C20H30O10/c1-13(2)19(25)27-9-7-15(11-21)29-17(23)5-6-18(24)30-16(12-22)8-10-28-20(26)14(3)4/h15-16,21-22H,1,3,5-12H2,2,4H3. The molecule has 30 heavy (non-hydrogen) atoms. The lowest BCUT2D eigenvalue weighted by molar-refractivity contribution is -0.159. The average Bonchev–Trinajstić information content (AvgIpc) is 2.70. The highest BCUT2D eigenvalue weighted by molar-refractivity contribution is 5.87. The van der Waals surface area contributed by atoms with E-state index in [1.54, 1.807) is 0 Å². The van der Waals surface area contributed by atoms with Gasteiger partial charge in [0.05, 0.1) is 39.3 Å². The van der Waals surface area contributed by atoms with Crippen LogP contribution in [-0.4, -0.2) is 72.7 Å². The van der Waals surface area contributed by atoms with Crippen LogP contribution in [0, 0.1) is 0 Å². The van der Waals surface area contributed by atoms with Gasteiger partial charge < -0.3 is 29.2 Å². The van der Waals surface area contributed by atoms with Gasteiger partial charge in [-0.3, -0.25) is 9.59 Å². The summed E-state index contributed by atoms with van der Waals surface area (Å²) >= 11 is 0. The fourth-order valence-corrected chi connectivity index (χ4v) is 1.88. The Hall–Kier alpha value is -2.72. The van der Waals surface area contributed by atoms with Crippen molar-refractivity contribution < 1.29 is 48.3 Å². The smallest absolute Gasteiger partial charge is 0.333 e. The van der Waals surface area contributed by atoms with E-state index in [0.29, 0.717) is 0 Å². The molecule has 0 spiro atoms. The van der Waals surface area contributed by atoms with Crippen molar-refractivity contribution in [1.82, 2.24) is 0 Å². The van der Waals surface area contributed by atoms with E-state index in [1.165, 1.54) is 13.8 Å². The quantitative estimate of drug-likeness (QED) is 0.215. The number of carbonyl (C=O) groups excluding carboxylic acids is 4. The van der Waals surface area contributed by atoms with Gasteiger partial charge in [0.1, 0.15) is 12.2 Å². The van der Waals surface area contributed by atoms with Crippen LogP contribution >= 0.6 is 0 Å². The van der Waals surface area contributed by atoms with Crippen LogP contribution in [0.5, 0.6) is 0 Å². The highest BCUT2D eigenvalue weighted by Crippen LogP contribution is 2.07. The minimum Gasteiger partial charge on any atom is -0.462 e. The van der Waals surface area contributed by atoms with Gasteiger partial charge in [0.15, 0.2) is 0 Å². The summed E-state index contributed by atoms with van der Waals surface area (Å²) in [4.78, 5) is 46.1. The zero-order valence-electron chi connectivity index (χ0n) is 17.4. The lowest BCUT2D eigenvalue weighted by Gasteiger charge is -2.17. The van der Waals surface area contributed by atoms with Crippen molar-refractivity contribution in [1.29, 1.82) is 0 Å². The highest BCUT2D eigenvalue weighted by atomic mass is 16.6. The zero-order chi connectivity index (χ0) is 23.1. The van der Waals surface area contributed by atoms with Gasteiger partial charge in [-0.15, -0.1) is 0 Å². The zero-order valence-corrected chi connectivity index (χ0v) is 17.4. The van der Waals surface area contributed by atoms with Gasteiger partial charge in [-0.2, -0.15) is 0 Å². The van der Waals surface area contributed by atoms with Crippen molar-refractivity contribution in [3.63, 3.8) is 0 Å². The first kappa shape index (κ1) is 27.3. The molecule has 0 aromatic rings. The van der Waals surface area contributed by atoms with E-state index in [0.717, 1.165) is 0 Å². The highest BCUT2D eigenvalue weighted by Gasteiger charge is 2.19. The molecule has 0 heterocycles. The lowest BCUT2D eigenvalue weighted by Crippen LogP contribution is -2.26. The van der Waals surface area contributed by atoms with E-state index in [1.807, 2.05) is 0 Å². The Morgan fingerprint density at radius 3 is 1.33 bits per heavy atom. The third-order valence-electron chi connectivity index (χ3n) is 3.58. The van der Waals surface area contributed by atoms with E-state index >= 15 is 0 Å². The van der Waals surface area contributed by atoms with Crippen molar-refractivity contribution in [2.45, 2.75) is 51.7 Å². The summed E-state index contributed by atoms with van der Waals surface area (Å²) in [6, 6.07) is 0. The number of aliphatic hydroxyl groups is 2. The molecule has 0 amide bonds. The third-order valence-corrected chi connectivity index (χ3v) is 3.58. The second-order valence-electron chi connectivity index (χ2n) is 6.50. The van der Waals surface area contributed by atoms with Gasteiger partial charge in [0, 0.05) is 24.0 Å². The second kappa shape index (κ2) is 15.2. The van der Waals surface area contributed by atoms with E-state index in [-0.39, 0.29) is 50.0 Å². The molecular weight excluding hydrogens is 400 g/mol. The van der Waals surface area contributed by atoms with Crippen LogP contribution in [0.4, 0.5) is 0 Å². The van der Waals surface area contributed by atoms with Crippen LogP contribution in [0.15, 0.2) is 24.3 Å². The molecule has 0 bridgehead atoms. The van der Waals surface area contributed by atoms with Crippen LogP contribution in [0.2, 0.25) is 0 Å².